The fourth-order valence-corrected chi connectivity index (χ4v) is 3.05. The summed E-state index contributed by atoms with van der Waals surface area (Å²) in [5.74, 6) is -0.0356. The first kappa shape index (κ1) is 14.9. The van der Waals surface area contributed by atoms with Crippen molar-refractivity contribution in [2.75, 3.05) is 19.6 Å². The summed E-state index contributed by atoms with van der Waals surface area (Å²) in [6.45, 7) is 3.52. The van der Waals surface area contributed by atoms with Crippen LogP contribution in [-0.2, 0) is 11.2 Å². The lowest BCUT2D eigenvalue weighted by Crippen LogP contribution is -2.46. The van der Waals surface area contributed by atoms with Crippen LogP contribution in [0.4, 0.5) is 0 Å². The summed E-state index contributed by atoms with van der Waals surface area (Å²) >= 11 is 1.46. The zero-order chi connectivity index (χ0) is 14.5. The maximum Gasteiger partial charge on any atom is 0.270 e. The van der Waals surface area contributed by atoms with Crippen LogP contribution in [0.5, 0.6) is 0 Å². The predicted molar refractivity (Wildman–Crippen MR) is 77.6 cm³/mol. The number of likely N-dealkylation sites (tertiary alicyclic amines) is 1. The van der Waals surface area contributed by atoms with Gasteiger partial charge in [-0.2, -0.15) is 0 Å². The van der Waals surface area contributed by atoms with Gasteiger partial charge in [-0.15, -0.1) is 11.3 Å². The molecular formula is C13H20N4O2S. The van der Waals surface area contributed by atoms with Crippen molar-refractivity contribution in [3.8, 4) is 0 Å². The van der Waals surface area contributed by atoms with E-state index in [0.29, 0.717) is 31.7 Å². The van der Waals surface area contributed by atoms with Gasteiger partial charge in [0, 0.05) is 37.9 Å². The van der Waals surface area contributed by atoms with Crippen LogP contribution in [0.2, 0.25) is 0 Å². The zero-order valence-electron chi connectivity index (χ0n) is 11.6. The van der Waals surface area contributed by atoms with Crippen LogP contribution in [0.25, 0.3) is 0 Å². The van der Waals surface area contributed by atoms with E-state index in [1.807, 2.05) is 4.90 Å². The highest BCUT2D eigenvalue weighted by Gasteiger charge is 2.23. The van der Waals surface area contributed by atoms with Gasteiger partial charge in [-0.1, -0.05) is 0 Å². The van der Waals surface area contributed by atoms with E-state index in [0.717, 1.165) is 17.8 Å². The summed E-state index contributed by atoms with van der Waals surface area (Å²) in [4.78, 5) is 29.4. The molecule has 3 N–H and O–H groups in total. The Kier molecular flexibility index (Phi) is 5.08. The number of carbonyl (C=O) groups excluding carboxylic acids is 2. The lowest BCUT2D eigenvalue weighted by Gasteiger charge is -2.31. The first-order valence-corrected chi connectivity index (χ1v) is 7.69. The molecule has 1 aliphatic heterocycles. The molecule has 2 amide bonds. The summed E-state index contributed by atoms with van der Waals surface area (Å²) < 4.78 is 0. The quantitative estimate of drug-likeness (QED) is 0.841. The fourth-order valence-electron chi connectivity index (χ4n) is 2.25. The van der Waals surface area contributed by atoms with Crippen LogP contribution in [0.15, 0.2) is 5.38 Å². The maximum atomic E-state index is 12.1. The number of carbonyl (C=O) groups is 2. The number of aromatic nitrogens is 1. The molecule has 1 aromatic rings. The summed E-state index contributed by atoms with van der Waals surface area (Å²) in [6, 6.07) is 0.123. The number of rotatable bonds is 4. The van der Waals surface area contributed by atoms with Crippen molar-refractivity contribution >= 4 is 23.2 Å². The average molecular weight is 296 g/mol. The number of amides is 2. The van der Waals surface area contributed by atoms with Crippen LogP contribution in [-0.4, -0.2) is 47.4 Å². The van der Waals surface area contributed by atoms with Gasteiger partial charge in [0.05, 0.1) is 5.01 Å². The van der Waals surface area contributed by atoms with Crippen molar-refractivity contribution in [3.63, 3.8) is 0 Å². The van der Waals surface area contributed by atoms with Crippen molar-refractivity contribution in [2.45, 2.75) is 32.2 Å². The second kappa shape index (κ2) is 6.81. The van der Waals surface area contributed by atoms with Crippen LogP contribution in [0.3, 0.4) is 0 Å². The third-order valence-corrected chi connectivity index (χ3v) is 4.33. The van der Waals surface area contributed by atoms with Gasteiger partial charge in [-0.05, 0) is 19.4 Å². The molecule has 110 valence electrons. The van der Waals surface area contributed by atoms with Gasteiger partial charge >= 0.3 is 0 Å². The van der Waals surface area contributed by atoms with E-state index in [4.69, 9.17) is 5.73 Å². The van der Waals surface area contributed by atoms with Crippen molar-refractivity contribution in [3.05, 3.63) is 16.1 Å². The van der Waals surface area contributed by atoms with E-state index < -0.39 is 0 Å². The van der Waals surface area contributed by atoms with E-state index in [-0.39, 0.29) is 17.9 Å². The Balaban J connectivity index is 1.84. The Morgan fingerprint density at radius 3 is 2.80 bits per heavy atom. The van der Waals surface area contributed by atoms with E-state index in [1.54, 1.807) is 12.3 Å². The molecule has 1 fully saturated rings. The van der Waals surface area contributed by atoms with E-state index in [2.05, 4.69) is 10.3 Å². The Labute approximate surface area is 122 Å². The maximum absolute atomic E-state index is 12.1. The summed E-state index contributed by atoms with van der Waals surface area (Å²) in [5.41, 5.74) is 5.93. The number of piperidine rings is 1. The van der Waals surface area contributed by atoms with E-state index in [9.17, 15) is 9.59 Å². The molecule has 0 radical (unpaired) electrons. The van der Waals surface area contributed by atoms with Gasteiger partial charge in [0.25, 0.3) is 5.91 Å². The zero-order valence-corrected chi connectivity index (χ0v) is 12.4. The molecule has 0 atom stereocenters. The molecule has 7 heteroatoms. The second-order valence-electron chi connectivity index (χ2n) is 4.92. The van der Waals surface area contributed by atoms with Crippen molar-refractivity contribution in [1.29, 1.82) is 0 Å². The fraction of sp³-hybridized carbons (Fsp3) is 0.615. The Hall–Kier alpha value is -1.47. The molecule has 1 saturated heterocycles. The van der Waals surface area contributed by atoms with Gasteiger partial charge in [-0.25, -0.2) is 4.98 Å². The minimum atomic E-state index is -0.134. The average Bonchev–Trinajstić information content (AvgIpc) is 2.88. The van der Waals surface area contributed by atoms with Crippen molar-refractivity contribution in [2.24, 2.45) is 5.73 Å². The molecule has 6 nitrogen and oxygen atoms in total. The minimum absolute atomic E-state index is 0.0979. The Morgan fingerprint density at radius 1 is 1.50 bits per heavy atom. The normalized spacial score (nSPS) is 16.2. The third kappa shape index (κ3) is 3.77. The third-order valence-electron chi connectivity index (χ3n) is 3.42. The number of hydrogen-bond donors (Lipinski definition) is 2. The number of thiazole rings is 1. The molecule has 1 aliphatic rings. The highest BCUT2D eigenvalue weighted by atomic mass is 32.1. The lowest BCUT2D eigenvalue weighted by molar-refractivity contribution is -0.129. The molecular weight excluding hydrogens is 276 g/mol. The van der Waals surface area contributed by atoms with Gasteiger partial charge in [0.15, 0.2) is 0 Å². The van der Waals surface area contributed by atoms with Gasteiger partial charge in [-0.3, -0.25) is 9.59 Å². The number of nitrogens with two attached hydrogens (primary N) is 1. The second-order valence-corrected chi connectivity index (χ2v) is 5.86. The van der Waals surface area contributed by atoms with Gasteiger partial charge in [0.1, 0.15) is 5.69 Å². The molecule has 0 aromatic carbocycles. The van der Waals surface area contributed by atoms with Crippen molar-refractivity contribution in [1.82, 2.24) is 15.2 Å². The summed E-state index contributed by atoms with van der Waals surface area (Å²) in [7, 11) is 0. The minimum Gasteiger partial charge on any atom is -0.348 e. The Morgan fingerprint density at radius 2 is 2.20 bits per heavy atom. The standard InChI is InChI=1S/C13H20N4O2S/c1-9(18)17-6-3-10(4-7-17)15-13(19)11-8-20-12(16-11)2-5-14/h8,10H,2-7,14H2,1H3,(H,15,19). The van der Waals surface area contributed by atoms with E-state index in [1.165, 1.54) is 11.3 Å². The first-order chi connectivity index (χ1) is 9.60. The first-order valence-electron chi connectivity index (χ1n) is 6.81. The van der Waals surface area contributed by atoms with Gasteiger partial charge in [0.2, 0.25) is 5.91 Å². The highest BCUT2D eigenvalue weighted by Crippen LogP contribution is 2.13. The molecule has 2 heterocycles. The van der Waals surface area contributed by atoms with Crippen LogP contribution in [0, 0.1) is 0 Å². The molecule has 0 saturated carbocycles. The molecule has 0 unspecified atom stereocenters. The van der Waals surface area contributed by atoms with Crippen molar-refractivity contribution < 1.29 is 9.59 Å². The topological polar surface area (TPSA) is 88.3 Å². The van der Waals surface area contributed by atoms with Crippen LogP contribution < -0.4 is 11.1 Å². The SMILES string of the molecule is CC(=O)N1CCC(NC(=O)c2csc(CCN)n2)CC1. The van der Waals surface area contributed by atoms with Gasteiger partial charge < -0.3 is 16.0 Å². The number of nitrogens with one attached hydrogen (secondary N) is 1. The smallest absolute Gasteiger partial charge is 0.270 e. The van der Waals surface area contributed by atoms with Crippen LogP contribution in [0.1, 0.15) is 35.3 Å². The molecule has 20 heavy (non-hydrogen) atoms. The number of nitrogens with zero attached hydrogens (tertiary/aromatic N) is 2. The molecule has 1 aromatic heterocycles. The molecule has 0 spiro atoms. The monoisotopic (exact) mass is 296 g/mol. The van der Waals surface area contributed by atoms with E-state index >= 15 is 0 Å². The summed E-state index contributed by atoms with van der Waals surface area (Å²) in [6.07, 6.45) is 2.30. The molecule has 0 aliphatic carbocycles. The lowest BCUT2D eigenvalue weighted by atomic mass is 10.0. The predicted octanol–water partition coefficient (Wildman–Crippen LogP) is 0.385. The largest absolute Gasteiger partial charge is 0.348 e. The molecule has 0 bridgehead atoms. The number of hydrogen-bond acceptors (Lipinski definition) is 5. The summed E-state index contributed by atoms with van der Waals surface area (Å²) in [5, 5.41) is 5.65. The molecule has 2 rings (SSSR count). The van der Waals surface area contributed by atoms with Crippen LogP contribution >= 0.6 is 11.3 Å². The Bertz CT molecular complexity index is 480. The highest BCUT2D eigenvalue weighted by molar-refractivity contribution is 7.09.